The molecule has 0 atom stereocenters. The van der Waals surface area contributed by atoms with Crippen molar-refractivity contribution in [1.82, 2.24) is 5.43 Å². The molecule has 0 spiro atoms. The highest BCUT2D eigenvalue weighted by Crippen LogP contribution is 2.35. The highest BCUT2D eigenvalue weighted by molar-refractivity contribution is 9.11. The smallest absolute Gasteiger partial charge is 0.259 e. The Morgan fingerprint density at radius 1 is 1.00 bits per heavy atom. The fourth-order valence-electron chi connectivity index (χ4n) is 2.55. The molecule has 0 fully saturated rings. The second-order valence-corrected chi connectivity index (χ2v) is 9.96. The molecule has 0 radical (unpaired) electrons. The summed E-state index contributed by atoms with van der Waals surface area (Å²) < 4.78 is 8.33. The molecule has 0 aliphatic heterocycles. The normalized spacial score (nSPS) is 10.9. The maximum atomic E-state index is 12.0. The fourth-order valence-corrected chi connectivity index (χ4v) is 4.73. The number of halogens is 5. The van der Waals surface area contributed by atoms with Gasteiger partial charge in [-0.1, -0.05) is 45.2 Å². The van der Waals surface area contributed by atoms with Crippen molar-refractivity contribution in [2.24, 2.45) is 5.10 Å². The minimum absolute atomic E-state index is 0.104. The lowest BCUT2D eigenvalue weighted by atomic mass is 10.2. The Balaban J connectivity index is 1.55. The van der Waals surface area contributed by atoms with E-state index in [1.54, 1.807) is 18.3 Å². The number of hydrogen-bond acceptors (Lipinski definition) is 4. The molecule has 0 aromatic heterocycles. The highest BCUT2D eigenvalue weighted by Gasteiger charge is 2.10. The van der Waals surface area contributed by atoms with E-state index in [-0.39, 0.29) is 19.1 Å². The van der Waals surface area contributed by atoms with E-state index in [1.165, 1.54) is 0 Å². The summed E-state index contributed by atoms with van der Waals surface area (Å²) in [5.41, 5.74) is 4.92. The van der Waals surface area contributed by atoms with Crippen molar-refractivity contribution in [3.05, 3.63) is 89.2 Å². The van der Waals surface area contributed by atoms with Crippen molar-refractivity contribution < 1.29 is 9.53 Å². The lowest BCUT2D eigenvalue weighted by molar-refractivity contribution is -0.119. The monoisotopic (exact) mass is 661 g/mol. The molecule has 3 aromatic rings. The van der Waals surface area contributed by atoms with Crippen molar-refractivity contribution in [3.8, 4) is 5.75 Å². The Hall–Kier alpha value is -1.58. The lowest BCUT2D eigenvalue weighted by Gasteiger charge is -2.12. The van der Waals surface area contributed by atoms with Crippen molar-refractivity contribution in [3.63, 3.8) is 0 Å². The molecule has 0 saturated carbocycles. The first-order chi connectivity index (χ1) is 15.3. The number of anilines is 1. The fraction of sp³-hybridized carbons (Fsp3) is 0.0909. The zero-order chi connectivity index (χ0) is 23.1. The van der Waals surface area contributed by atoms with Gasteiger partial charge in [-0.3, -0.25) is 4.79 Å². The molecule has 0 heterocycles. The maximum absolute atomic E-state index is 12.0. The van der Waals surface area contributed by atoms with Crippen LogP contribution < -0.4 is 15.5 Å². The van der Waals surface area contributed by atoms with Crippen LogP contribution in [0, 0.1) is 0 Å². The second kappa shape index (κ2) is 12.0. The number of nitrogens with one attached hydrogen (secondary N) is 2. The van der Waals surface area contributed by atoms with Gasteiger partial charge in [0.25, 0.3) is 5.91 Å². The zero-order valence-electron chi connectivity index (χ0n) is 16.3. The zero-order valence-corrected chi connectivity index (χ0v) is 22.6. The predicted octanol–water partition coefficient (Wildman–Crippen LogP) is 7.42. The van der Waals surface area contributed by atoms with Crippen molar-refractivity contribution in [1.29, 1.82) is 0 Å². The molecule has 166 valence electrons. The standard InChI is InChI=1S/C22H16Br3Cl2N3O2/c23-15-2-5-17(6-3-15)28-11-21(31)30-29-10-13-7-18(24)22(19(25)8-13)32-12-14-1-4-16(26)9-20(14)27/h1-10,28H,11-12H2,(H,30,31)/b29-10-. The van der Waals surface area contributed by atoms with Crippen LogP contribution in [-0.2, 0) is 11.4 Å². The van der Waals surface area contributed by atoms with Crippen molar-refractivity contribution >= 4 is 88.8 Å². The van der Waals surface area contributed by atoms with Gasteiger partial charge in [0.15, 0.2) is 0 Å². The molecule has 3 aromatic carbocycles. The van der Waals surface area contributed by atoms with Crippen LogP contribution in [-0.4, -0.2) is 18.7 Å². The molecule has 0 aliphatic carbocycles. The SMILES string of the molecule is O=C(CNc1ccc(Br)cc1)N/N=C\c1cc(Br)c(OCc2ccc(Cl)cc2Cl)c(Br)c1. The molecular formula is C22H16Br3Cl2N3O2. The Morgan fingerprint density at radius 3 is 2.34 bits per heavy atom. The van der Waals surface area contributed by atoms with E-state index in [0.29, 0.717) is 15.8 Å². The first-order valence-corrected chi connectivity index (χ1v) is 12.3. The molecule has 10 heteroatoms. The number of hydrazone groups is 1. The van der Waals surface area contributed by atoms with Crippen LogP contribution >= 0.6 is 71.0 Å². The molecule has 32 heavy (non-hydrogen) atoms. The average molecular weight is 665 g/mol. The van der Waals surface area contributed by atoms with Crippen LogP contribution in [0.4, 0.5) is 5.69 Å². The molecule has 0 saturated heterocycles. The number of carbonyl (C=O) groups excluding carboxylic acids is 1. The predicted molar refractivity (Wildman–Crippen MR) is 141 cm³/mol. The van der Waals surface area contributed by atoms with E-state index < -0.39 is 0 Å². The van der Waals surface area contributed by atoms with E-state index in [0.717, 1.165) is 30.2 Å². The van der Waals surface area contributed by atoms with Gasteiger partial charge in [0.05, 0.1) is 21.7 Å². The van der Waals surface area contributed by atoms with Gasteiger partial charge in [-0.2, -0.15) is 5.10 Å². The Labute approximate surface area is 220 Å². The van der Waals surface area contributed by atoms with E-state index in [2.05, 4.69) is 63.6 Å². The first kappa shape index (κ1) is 25.1. The quantitative estimate of drug-likeness (QED) is 0.195. The summed E-state index contributed by atoms with van der Waals surface area (Å²) in [4.78, 5) is 12.0. The maximum Gasteiger partial charge on any atom is 0.259 e. The third-order valence-corrected chi connectivity index (χ3v) is 6.40. The molecule has 0 unspecified atom stereocenters. The van der Waals surface area contributed by atoms with Crippen LogP contribution in [0.2, 0.25) is 10.0 Å². The van der Waals surface area contributed by atoms with Gasteiger partial charge in [-0.25, -0.2) is 5.43 Å². The third kappa shape index (κ3) is 7.49. The minimum atomic E-state index is -0.262. The molecule has 3 rings (SSSR count). The van der Waals surface area contributed by atoms with Crippen molar-refractivity contribution in [2.45, 2.75) is 6.61 Å². The molecular weight excluding hydrogens is 649 g/mol. The lowest BCUT2D eigenvalue weighted by Crippen LogP contribution is -2.25. The molecule has 5 nitrogen and oxygen atoms in total. The van der Waals surface area contributed by atoms with Crippen LogP contribution in [0.1, 0.15) is 11.1 Å². The third-order valence-electron chi connectivity index (χ3n) is 4.11. The average Bonchev–Trinajstić information content (AvgIpc) is 2.74. The number of amides is 1. The van der Waals surface area contributed by atoms with Gasteiger partial charge in [0.1, 0.15) is 12.4 Å². The largest absolute Gasteiger partial charge is 0.486 e. The Bertz CT molecular complexity index is 1120. The van der Waals surface area contributed by atoms with Crippen LogP contribution in [0.5, 0.6) is 5.75 Å². The summed E-state index contributed by atoms with van der Waals surface area (Å²) in [5.74, 6) is 0.359. The molecule has 1 amide bonds. The Morgan fingerprint density at radius 2 is 1.69 bits per heavy atom. The van der Waals surface area contributed by atoms with Crippen LogP contribution in [0.25, 0.3) is 0 Å². The van der Waals surface area contributed by atoms with Crippen molar-refractivity contribution in [2.75, 3.05) is 11.9 Å². The van der Waals surface area contributed by atoms with Gasteiger partial charge in [0.2, 0.25) is 0 Å². The van der Waals surface area contributed by atoms with E-state index >= 15 is 0 Å². The summed E-state index contributed by atoms with van der Waals surface area (Å²) >= 11 is 22.5. The highest BCUT2D eigenvalue weighted by atomic mass is 79.9. The van der Waals surface area contributed by atoms with Gasteiger partial charge in [0, 0.05) is 25.8 Å². The van der Waals surface area contributed by atoms with Gasteiger partial charge >= 0.3 is 0 Å². The topological polar surface area (TPSA) is 62.7 Å². The number of rotatable bonds is 8. The number of ether oxygens (including phenoxy) is 1. The number of hydrogen-bond donors (Lipinski definition) is 2. The number of benzene rings is 3. The Kier molecular flexibility index (Phi) is 9.43. The minimum Gasteiger partial charge on any atom is -0.486 e. The van der Waals surface area contributed by atoms with Crippen LogP contribution in [0.15, 0.2) is 73.1 Å². The van der Waals surface area contributed by atoms with E-state index in [1.807, 2.05) is 42.5 Å². The molecule has 2 N–H and O–H groups in total. The first-order valence-electron chi connectivity index (χ1n) is 9.19. The van der Waals surface area contributed by atoms with E-state index in [9.17, 15) is 4.79 Å². The number of carbonyl (C=O) groups is 1. The van der Waals surface area contributed by atoms with Gasteiger partial charge in [-0.15, -0.1) is 0 Å². The second-order valence-electron chi connectivity index (χ2n) is 6.49. The molecule has 0 bridgehead atoms. The number of nitrogens with zero attached hydrogens (tertiary/aromatic N) is 1. The van der Waals surface area contributed by atoms with E-state index in [4.69, 9.17) is 27.9 Å². The summed E-state index contributed by atoms with van der Waals surface area (Å²) in [7, 11) is 0. The summed E-state index contributed by atoms with van der Waals surface area (Å²) in [6.45, 7) is 0.383. The molecule has 0 aliphatic rings. The van der Waals surface area contributed by atoms with Crippen LogP contribution in [0.3, 0.4) is 0 Å². The summed E-state index contributed by atoms with van der Waals surface area (Å²) in [6.07, 6.45) is 1.55. The summed E-state index contributed by atoms with van der Waals surface area (Å²) in [6, 6.07) is 16.5. The summed E-state index contributed by atoms with van der Waals surface area (Å²) in [5, 5.41) is 8.15. The van der Waals surface area contributed by atoms with Gasteiger partial charge in [-0.05, 0) is 86.0 Å². The van der Waals surface area contributed by atoms with Gasteiger partial charge < -0.3 is 10.1 Å².